The Hall–Kier alpha value is -2.15. The van der Waals surface area contributed by atoms with E-state index in [9.17, 15) is 9.90 Å². The van der Waals surface area contributed by atoms with Crippen LogP contribution in [-0.2, 0) is 7.05 Å². The molecule has 0 radical (unpaired) electrons. The predicted octanol–water partition coefficient (Wildman–Crippen LogP) is 3.81. The number of aliphatic imine (C=N–C) groups is 1. The summed E-state index contributed by atoms with van der Waals surface area (Å²) in [4.78, 5) is 17.1. The van der Waals surface area contributed by atoms with Gasteiger partial charge in [0.15, 0.2) is 0 Å². The maximum atomic E-state index is 12.6. The first-order chi connectivity index (χ1) is 10.6. The maximum absolute atomic E-state index is 12.6. The van der Waals surface area contributed by atoms with Crippen LogP contribution in [-0.4, -0.2) is 21.2 Å². The van der Waals surface area contributed by atoms with Gasteiger partial charge in [0, 0.05) is 21.6 Å². The van der Waals surface area contributed by atoms with Gasteiger partial charge >= 0.3 is 0 Å². The van der Waals surface area contributed by atoms with E-state index in [1.807, 2.05) is 36.4 Å². The second-order valence-corrected chi connectivity index (χ2v) is 6.36. The minimum Gasteiger partial charge on any atom is -0.494 e. The summed E-state index contributed by atoms with van der Waals surface area (Å²) in [7, 11) is 1.79. The Morgan fingerprint density at radius 1 is 1.14 bits per heavy atom. The molecule has 0 saturated carbocycles. The summed E-state index contributed by atoms with van der Waals surface area (Å²) in [5, 5.41) is 11.4. The van der Waals surface area contributed by atoms with Crippen molar-refractivity contribution in [2.75, 3.05) is 0 Å². The van der Waals surface area contributed by atoms with Crippen molar-refractivity contribution in [2.45, 2.75) is 0 Å². The van der Waals surface area contributed by atoms with Crippen LogP contribution >= 0.6 is 22.6 Å². The number of ketones is 1. The van der Waals surface area contributed by atoms with Gasteiger partial charge in [0.25, 0.3) is 0 Å². The molecule has 1 aliphatic rings. The SMILES string of the molecule is Cn1c(O)c(C2=Nc3ccccc3C2=O)c2cccc(I)c21. The van der Waals surface area contributed by atoms with Gasteiger partial charge in [0.2, 0.25) is 11.7 Å². The summed E-state index contributed by atoms with van der Waals surface area (Å²) in [6.45, 7) is 0. The molecule has 0 atom stereocenters. The van der Waals surface area contributed by atoms with E-state index in [0.717, 1.165) is 14.5 Å². The Morgan fingerprint density at radius 3 is 2.68 bits per heavy atom. The van der Waals surface area contributed by atoms with Crippen molar-refractivity contribution in [2.24, 2.45) is 12.0 Å². The first kappa shape index (κ1) is 13.5. The number of halogens is 1. The molecule has 0 saturated heterocycles. The molecule has 22 heavy (non-hydrogen) atoms. The third-order valence-corrected chi connectivity index (χ3v) is 4.84. The molecule has 1 aliphatic heterocycles. The monoisotopic (exact) mass is 402 g/mol. The quantitative estimate of drug-likeness (QED) is 0.630. The fraction of sp³-hybridized carbons (Fsp3) is 0.0588. The summed E-state index contributed by atoms with van der Waals surface area (Å²) in [5.41, 5.74) is 2.97. The third kappa shape index (κ3) is 1.68. The van der Waals surface area contributed by atoms with E-state index < -0.39 is 0 Å². The van der Waals surface area contributed by atoms with Crippen LogP contribution in [0.25, 0.3) is 10.9 Å². The molecule has 0 aliphatic carbocycles. The highest BCUT2D eigenvalue weighted by Crippen LogP contribution is 2.37. The molecule has 2 aromatic carbocycles. The first-order valence-electron chi connectivity index (χ1n) is 6.78. The van der Waals surface area contributed by atoms with E-state index in [2.05, 4.69) is 27.6 Å². The average molecular weight is 402 g/mol. The van der Waals surface area contributed by atoms with Crippen LogP contribution in [0, 0.1) is 3.57 Å². The Kier molecular flexibility index (Phi) is 2.87. The molecule has 0 fully saturated rings. The van der Waals surface area contributed by atoms with Crippen LogP contribution in [0.4, 0.5) is 5.69 Å². The van der Waals surface area contributed by atoms with Gasteiger partial charge in [-0.2, -0.15) is 0 Å². The predicted molar refractivity (Wildman–Crippen MR) is 94.3 cm³/mol. The Labute approximate surface area is 140 Å². The van der Waals surface area contributed by atoms with E-state index in [-0.39, 0.29) is 11.7 Å². The Morgan fingerprint density at radius 2 is 1.91 bits per heavy atom. The van der Waals surface area contributed by atoms with Crippen molar-refractivity contribution in [1.29, 1.82) is 0 Å². The van der Waals surface area contributed by atoms with Gasteiger partial charge in [-0.25, -0.2) is 4.99 Å². The topological polar surface area (TPSA) is 54.6 Å². The fourth-order valence-electron chi connectivity index (χ4n) is 2.92. The highest BCUT2D eigenvalue weighted by atomic mass is 127. The van der Waals surface area contributed by atoms with E-state index in [1.165, 1.54) is 0 Å². The van der Waals surface area contributed by atoms with E-state index in [0.29, 0.717) is 22.5 Å². The molecule has 3 aromatic rings. The second-order valence-electron chi connectivity index (χ2n) is 5.20. The summed E-state index contributed by atoms with van der Waals surface area (Å²) >= 11 is 2.23. The van der Waals surface area contributed by atoms with Crippen molar-refractivity contribution in [3.63, 3.8) is 0 Å². The smallest absolute Gasteiger partial charge is 0.214 e. The number of aromatic nitrogens is 1. The van der Waals surface area contributed by atoms with Crippen molar-refractivity contribution in [3.05, 3.63) is 57.2 Å². The molecule has 0 bridgehead atoms. The first-order valence-corrected chi connectivity index (χ1v) is 7.86. The number of hydrogen-bond donors (Lipinski definition) is 1. The molecular formula is C17H11IN2O2. The van der Waals surface area contributed by atoms with Crippen LogP contribution in [0.15, 0.2) is 47.5 Å². The highest BCUT2D eigenvalue weighted by Gasteiger charge is 2.31. The lowest BCUT2D eigenvalue weighted by Gasteiger charge is -1.99. The molecule has 0 spiro atoms. The lowest BCUT2D eigenvalue weighted by molar-refractivity contribution is 0.107. The molecule has 4 rings (SSSR count). The lowest BCUT2D eigenvalue weighted by Crippen LogP contribution is -2.11. The molecule has 1 N–H and O–H groups in total. The van der Waals surface area contributed by atoms with Crippen molar-refractivity contribution in [3.8, 4) is 5.88 Å². The van der Waals surface area contributed by atoms with Crippen molar-refractivity contribution in [1.82, 2.24) is 4.57 Å². The molecule has 2 heterocycles. The van der Waals surface area contributed by atoms with Crippen molar-refractivity contribution >= 4 is 50.7 Å². The number of rotatable bonds is 1. The van der Waals surface area contributed by atoms with Crippen LogP contribution in [0.3, 0.4) is 0 Å². The zero-order chi connectivity index (χ0) is 15.4. The summed E-state index contributed by atoms with van der Waals surface area (Å²) in [5.74, 6) is -0.0729. The largest absolute Gasteiger partial charge is 0.494 e. The van der Waals surface area contributed by atoms with Gasteiger partial charge in [-0.1, -0.05) is 24.3 Å². The Bertz CT molecular complexity index is 986. The molecule has 0 unspecified atom stereocenters. The number of carbonyl (C=O) groups is 1. The summed E-state index contributed by atoms with van der Waals surface area (Å²) in [6.07, 6.45) is 0. The number of aryl methyl sites for hydroxylation is 1. The number of carbonyl (C=O) groups excluding carboxylic acids is 1. The normalized spacial score (nSPS) is 13.5. The number of nitrogens with zero attached hydrogens (tertiary/aromatic N) is 2. The standard InChI is InChI=1S/C17H11IN2O2/c1-20-15-10(6-4-7-11(15)18)13(17(20)22)14-16(21)9-5-2-3-8-12(9)19-14/h2-8,22H,1H3. The van der Waals surface area contributed by atoms with Crippen LogP contribution in [0.5, 0.6) is 5.88 Å². The minimum atomic E-state index is -0.141. The summed E-state index contributed by atoms with van der Waals surface area (Å²) < 4.78 is 2.72. The summed E-state index contributed by atoms with van der Waals surface area (Å²) in [6, 6.07) is 13.0. The van der Waals surface area contributed by atoms with Gasteiger partial charge in [0.1, 0.15) is 5.71 Å². The van der Waals surface area contributed by atoms with Gasteiger partial charge in [0.05, 0.1) is 16.8 Å². The van der Waals surface area contributed by atoms with Crippen LogP contribution < -0.4 is 0 Å². The van der Waals surface area contributed by atoms with Crippen LogP contribution in [0.2, 0.25) is 0 Å². The number of para-hydroxylation sites is 2. The van der Waals surface area contributed by atoms with E-state index in [1.54, 1.807) is 17.7 Å². The highest BCUT2D eigenvalue weighted by molar-refractivity contribution is 14.1. The minimum absolute atomic E-state index is 0.0685. The fourth-order valence-corrected chi connectivity index (χ4v) is 3.78. The molecule has 0 amide bonds. The zero-order valence-electron chi connectivity index (χ0n) is 11.7. The zero-order valence-corrected chi connectivity index (χ0v) is 13.8. The number of hydrogen-bond acceptors (Lipinski definition) is 3. The molecule has 108 valence electrons. The average Bonchev–Trinajstić information content (AvgIpc) is 2.97. The lowest BCUT2D eigenvalue weighted by atomic mass is 10.0. The third-order valence-electron chi connectivity index (χ3n) is 3.97. The Balaban J connectivity index is 2.04. The van der Waals surface area contributed by atoms with E-state index >= 15 is 0 Å². The maximum Gasteiger partial charge on any atom is 0.214 e. The molecule has 4 nitrogen and oxygen atoms in total. The molecular weight excluding hydrogens is 391 g/mol. The van der Waals surface area contributed by atoms with Gasteiger partial charge in [-0.3, -0.25) is 4.79 Å². The second kappa shape index (κ2) is 4.67. The number of fused-ring (bicyclic) bond motifs is 2. The van der Waals surface area contributed by atoms with Crippen LogP contribution in [0.1, 0.15) is 15.9 Å². The molecule has 1 aromatic heterocycles. The van der Waals surface area contributed by atoms with Gasteiger partial charge in [-0.05, 0) is 40.8 Å². The molecule has 5 heteroatoms. The number of benzene rings is 2. The van der Waals surface area contributed by atoms with Gasteiger partial charge < -0.3 is 9.67 Å². The van der Waals surface area contributed by atoms with Crippen molar-refractivity contribution < 1.29 is 9.90 Å². The number of Topliss-reactive ketones (excluding diaryl/α,β-unsaturated/α-hetero) is 1. The number of aromatic hydroxyl groups is 1. The van der Waals surface area contributed by atoms with E-state index in [4.69, 9.17) is 0 Å². The van der Waals surface area contributed by atoms with Gasteiger partial charge in [-0.15, -0.1) is 0 Å².